The third-order valence-electron chi connectivity index (χ3n) is 7.21. The van der Waals surface area contributed by atoms with E-state index in [2.05, 4.69) is 40.7 Å². The Bertz CT molecular complexity index is 1850. The van der Waals surface area contributed by atoms with E-state index in [9.17, 15) is 4.79 Å². The van der Waals surface area contributed by atoms with Crippen molar-refractivity contribution < 1.29 is 14.2 Å². The molecule has 0 unspecified atom stereocenters. The predicted molar refractivity (Wildman–Crippen MR) is 162 cm³/mol. The lowest BCUT2D eigenvalue weighted by atomic mass is 9.83. The molecule has 1 aliphatic heterocycles. The van der Waals surface area contributed by atoms with Gasteiger partial charge in [-0.3, -0.25) is 9.36 Å². The van der Waals surface area contributed by atoms with E-state index in [1.165, 1.54) is 16.9 Å². The number of allylic oxidation sites excluding steroid dienone is 1. The molecule has 6 nitrogen and oxygen atoms in total. The fourth-order valence-electron chi connectivity index (χ4n) is 5.37. The zero-order chi connectivity index (χ0) is 27.8. The molecule has 0 fully saturated rings. The Labute approximate surface area is 244 Å². The summed E-state index contributed by atoms with van der Waals surface area (Å²) < 4.78 is 20.1. The first-order valence-electron chi connectivity index (χ1n) is 12.9. The molecule has 4 aromatic rings. The van der Waals surface area contributed by atoms with E-state index in [-0.39, 0.29) is 11.6 Å². The maximum absolute atomic E-state index is 14.0. The standard InChI is InChI=1S/C32H27BrN2O4S/c1-4-15-39-25-13-9-19(16-24(25)33)17-28-31(36)35-30(21-11-14-26(37-2)27(18-21)38-3)23-12-10-20-7-5-6-8-22(20)29(23)34-32(35)40-28/h4-9,11,13-14,16-18,30H,1,10,12,15H2,2-3H3/b28-17-/t30-/m0/s1. The van der Waals surface area contributed by atoms with Crippen LogP contribution in [-0.4, -0.2) is 25.4 Å². The predicted octanol–water partition coefficient (Wildman–Crippen LogP) is 5.66. The zero-order valence-electron chi connectivity index (χ0n) is 22.1. The summed E-state index contributed by atoms with van der Waals surface area (Å²) >= 11 is 4.99. The average molecular weight is 616 g/mol. The SMILES string of the molecule is C=CCOc1ccc(/C=c2\sc3n(c2=O)[C@@H](c2ccc(OC)c(OC)c2)C2=C(N=3)c3ccccc3CC2)cc1Br. The number of aryl methyl sites for hydroxylation is 1. The molecule has 0 bridgehead atoms. The molecule has 0 amide bonds. The number of hydrogen-bond acceptors (Lipinski definition) is 6. The van der Waals surface area contributed by atoms with Gasteiger partial charge in [0.2, 0.25) is 0 Å². The van der Waals surface area contributed by atoms with Gasteiger partial charge < -0.3 is 14.2 Å². The van der Waals surface area contributed by atoms with Crippen molar-refractivity contribution in [3.05, 3.63) is 125 Å². The van der Waals surface area contributed by atoms with Crippen LogP contribution >= 0.6 is 27.3 Å². The molecule has 202 valence electrons. The average Bonchev–Trinajstić information content (AvgIpc) is 3.29. The summed E-state index contributed by atoms with van der Waals surface area (Å²) in [4.78, 5) is 19.8. The van der Waals surface area contributed by atoms with Crippen molar-refractivity contribution in [1.29, 1.82) is 0 Å². The monoisotopic (exact) mass is 614 g/mol. The number of hydrogen-bond donors (Lipinski definition) is 0. The minimum Gasteiger partial charge on any atom is -0.493 e. The van der Waals surface area contributed by atoms with Crippen LogP contribution in [-0.2, 0) is 6.42 Å². The van der Waals surface area contributed by atoms with Gasteiger partial charge in [0, 0.05) is 5.56 Å². The highest BCUT2D eigenvalue weighted by atomic mass is 79.9. The molecule has 0 N–H and O–H groups in total. The largest absolute Gasteiger partial charge is 0.493 e. The molecule has 6 rings (SSSR count). The fourth-order valence-corrected chi connectivity index (χ4v) is 6.88. The van der Waals surface area contributed by atoms with Gasteiger partial charge in [0.15, 0.2) is 16.3 Å². The minimum absolute atomic E-state index is 0.0722. The van der Waals surface area contributed by atoms with E-state index in [0.29, 0.717) is 27.4 Å². The molecule has 2 heterocycles. The molecule has 0 saturated carbocycles. The van der Waals surface area contributed by atoms with Gasteiger partial charge in [0.25, 0.3) is 5.56 Å². The second-order valence-corrected chi connectivity index (χ2v) is 11.4. The van der Waals surface area contributed by atoms with Gasteiger partial charge in [-0.25, -0.2) is 4.99 Å². The van der Waals surface area contributed by atoms with Gasteiger partial charge in [-0.05, 0) is 81.4 Å². The Morgan fingerprint density at radius 3 is 2.62 bits per heavy atom. The lowest BCUT2D eigenvalue weighted by Crippen LogP contribution is -2.38. The highest BCUT2D eigenvalue weighted by Crippen LogP contribution is 2.42. The minimum atomic E-state index is -0.303. The molecule has 1 aliphatic carbocycles. The highest BCUT2D eigenvalue weighted by molar-refractivity contribution is 9.10. The number of nitrogens with zero attached hydrogens (tertiary/aromatic N) is 2. The van der Waals surface area contributed by atoms with Crippen LogP contribution in [0.15, 0.2) is 93.2 Å². The molecule has 2 aliphatic rings. The summed E-state index contributed by atoms with van der Waals surface area (Å²) in [6.45, 7) is 4.12. The number of thiazole rings is 1. The summed E-state index contributed by atoms with van der Waals surface area (Å²) in [5.41, 5.74) is 6.28. The number of aromatic nitrogens is 1. The summed E-state index contributed by atoms with van der Waals surface area (Å²) in [7, 11) is 3.25. The second-order valence-electron chi connectivity index (χ2n) is 9.52. The van der Waals surface area contributed by atoms with Crippen LogP contribution < -0.4 is 29.1 Å². The number of benzene rings is 3. The van der Waals surface area contributed by atoms with Gasteiger partial charge in [0.1, 0.15) is 12.4 Å². The lowest BCUT2D eigenvalue weighted by molar-refractivity contribution is 0.354. The van der Waals surface area contributed by atoms with Crippen molar-refractivity contribution in [1.82, 2.24) is 4.57 Å². The molecule has 0 radical (unpaired) electrons. The van der Waals surface area contributed by atoms with Crippen molar-refractivity contribution in [3.63, 3.8) is 0 Å². The number of methoxy groups -OCH3 is 2. The van der Waals surface area contributed by atoms with Crippen LogP contribution in [0.1, 0.15) is 34.7 Å². The molecule has 1 atom stereocenters. The third-order valence-corrected chi connectivity index (χ3v) is 8.81. The van der Waals surface area contributed by atoms with E-state index < -0.39 is 0 Å². The van der Waals surface area contributed by atoms with Gasteiger partial charge in [0.05, 0.1) is 35.0 Å². The zero-order valence-corrected chi connectivity index (χ0v) is 24.6. The van der Waals surface area contributed by atoms with Crippen molar-refractivity contribution in [3.8, 4) is 17.2 Å². The van der Waals surface area contributed by atoms with Crippen LogP contribution in [0.25, 0.3) is 11.8 Å². The van der Waals surface area contributed by atoms with Crippen molar-refractivity contribution in [2.45, 2.75) is 18.9 Å². The second kappa shape index (κ2) is 10.9. The smallest absolute Gasteiger partial charge is 0.271 e. The van der Waals surface area contributed by atoms with E-state index in [4.69, 9.17) is 19.2 Å². The molecule has 0 spiro atoms. The number of halogens is 1. The number of rotatable bonds is 7. The number of fused-ring (bicyclic) bond motifs is 3. The van der Waals surface area contributed by atoms with Crippen LogP contribution in [0.3, 0.4) is 0 Å². The fraction of sp³-hybridized carbons (Fsp3) is 0.188. The first kappa shape index (κ1) is 26.3. The highest BCUT2D eigenvalue weighted by Gasteiger charge is 2.33. The summed E-state index contributed by atoms with van der Waals surface area (Å²) in [5, 5.41) is 0. The molecular weight excluding hydrogens is 588 g/mol. The molecule has 40 heavy (non-hydrogen) atoms. The summed E-state index contributed by atoms with van der Waals surface area (Å²) in [5.74, 6) is 1.99. The van der Waals surface area contributed by atoms with Crippen LogP contribution in [0.4, 0.5) is 0 Å². The molecule has 0 saturated heterocycles. The van der Waals surface area contributed by atoms with Crippen LogP contribution in [0, 0.1) is 0 Å². The summed E-state index contributed by atoms with van der Waals surface area (Å²) in [6, 6.07) is 19.8. The van der Waals surface area contributed by atoms with E-state index >= 15 is 0 Å². The van der Waals surface area contributed by atoms with Gasteiger partial charge >= 0.3 is 0 Å². The van der Waals surface area contributed by atoms with Gasteiger partial charge in [-0.2, -0.15) is 0 Å². The number of ether oxygens (including phenoxy) is 3. The van der Waals surface area contributed by atoms with E-state index in [1.807, 2.05) is 53.1 Å². The Morgan fingerprint density at radius 1 is 1.05 bits per heavy atom. The van der Waals surface area contributed by atoms with Gasteiger partial charge in [-0.15, -0.1) is 0 Å². The van der Waals surface area contributed by atoms with Crippen molar-refractivity contribution in [2.24, 2.45) is 4.99 Å². The maximum atomic E-state index is 14.0. The Hall–Kier alpha value is -3.88. The molecule has 8 heteroatoms. The Balaban J connectivity index is 1.55. The van der Waals surface area contributed by atoms with Crippen LogP contribution in [0.5, 0.6) is 17.2 Å². The topological polar surface area (TPSA) is 62.0 Å². The Kier molecular flexibility index (Phi) is 7.21. The van der Waals surface area contributed by atoms with E-state index in [0.717, 1.165) is 51.0 Å². The molecule has 1 aromatic heterocycles. The quantitative estimate of drug-likeness (QED) is 0.252. The molecule has 3 aromatic carbocycles. The van der Waals surface area contributed by atoms with Crippen LogP contribution in [0.2, 0.25) is 0 Å². The normalized spacial score (nSPS) is 16.0. The van der Waals surface area contributed by atoms with E-state index in [1.54, 1.807) is 20.3 Å². The third kappa shape index (κ3) is 4.61. The Morgan fingerprint density at radius 2 is 1.85 bits per heavy atom. The van der Waals surface area contributed by atoms with Gasteiger partial charge in [-0.1, -0.05) is 60.4 Å². The molecular formula is C32H27BrN2O4S. The first-order valence-corrected chi connectivity index (χ1v) is 14.5. The summed E-state index contributed by atoms with van der Waals surface area (Å²) in [6.07, 6.45) is 5.33. The maximum Gasteiger partial charge on any atom is 0.271 e. The lowest BCUT2D eigenvalue weighted by Gasteiger charge is -2.31. The first-order chi connectivity index (χ1) is 19.5. The van der Waals surface area contributed by atoms with Crippen molar-refractivity contribution in [2.75, 3.05) is 20.8 Å². The van der Waals surface area contributed by atoms with Crippen molar-refractivity contribution >= 4 is 39.0 Å².